The predicted molar refractivity (Wildman–Crippen MR) is 60.5 cm³/mol. The van der Waals surface area contributed by atoms with Gasteiger partial charge < -0.3 is 14.9 Å². The number of carbonyl (C=O) groups is 1. The molecule has 0 radical (unpaired) electrons. The maximum absolute atomic E-state index is 11.6. The zero-order valence-electron chi connectivity index (χ0n) is 10.2. The Morgan fingerprint density at radius 2 is 2.00 bits per heavy atom. The molecule has 3 unspecified atom stereocenters. The summed E-state index contributed by atoms with van der Waals surface area (Å²) in [5.74, 6) is -0.0925. The first-order chi connectivity index (χ1) is 8.02. The second-order valence-corrected chi connectivity index (χ2v) is 6.16. The highest BCUT2D eigenvalue weighted by atomic mass is 16.5. The van der Waals surface area contributed by atoms with Crippen LogP contribution in [0, 0.1) is 17.3 Å². The summed E-state index contributed by atoms with van der Waals surface area (Å²) in [6.07, 6.45) is 4.81. The highest BCUT2D eigenvalue weighted by Crippen LogP contribution is 2.63. The molecule has 17 heavy (non-hydrogen) atoms. The van der Waals surface area contributed by atoms with Crippen LogP contribution in [0.25, 0.3) is 0 Å². The summed E-state index contributed by atoms with van der Waals surface area (Å²) >= 11 is 0. The Kier molecular flexibility index (Phi) is 2.33. The lowest BCUT2D eigenvalue weighted by molar-refractivity contribution is -0.218. The fraction of sp³-hybridized carbons (Fsp3) is 0.923. The van der Waals surface area contributed by atoms with Crippen molar-refractivity contribution < 1.29 is 19.7 Å². The largest absolute Gasteiger partial charge is 0.481 e. The molecule has 2 bridgehead atoms. The van der Waals surface area contributed by atoms with E-state index in [4.69, 9.17) is 4.74 Å². The number of carboxylic acids is 1. The van der Waals surface area contributed by atoms with Gasteiger partial charge in [0.25, 0.3) is 0 Å². The van der Waals surface area contributed by atoms with E-state index in [-0.39, 0.29) is 12.0 Å². The van der Waals surface area contributed by atoms with E-state index in [1.807, 2.05) is 0 Å². The van der Waals surface area contributed by atoms with Crippen LogP contribution < -0.4 is 0 Å². The van der Waals surface area contributed by atoms with Crippen LogP contribution in [-0.4, -0.2) is 35.0 Å². The van der Waals surface area contributed by atoms with Crippen LogP contribution in [0.3, 0.4) is 0 Å². The lowest BCUT2D eigenvalue weighted by atomic mass is 9.53. The van der Waals surface area contributed by atoms with E-state index in [9.17, 15) is 15.0 Å². The fourth-order valence-electron chi connectivity index (χ4n) is 4.48. The quantitative estimate of drug-likeness (QED) is 0.783. The highest BCUT2D eigenvalue weighted by molar-refractivity contribution is 5.78. The first-order valence-electron chi connectivity index (χ1n) is 6.50. The zero-order valence-corrected chi connectivity index (χ0v) is 10.2. The van der Waals surface area contributed by atoms with Crippen LogP contribution in [0.4, 0.5) is 0 Å². The highest BCUT2D eigenvalue weighted by Gasteiger charge is 2.69. The van der Waals surface area contributed by atoms with E-state index in [1.54, 1.807) is 7.11 Å². The van der Waals surface area contributed by atoms with Gasteiger partial charge in [0.2, 0.25) is 0 Å². The average Bonchev–Trinajstić information content (AvgIpc) is 2.75. The van der Waals surface area contributed by atoms with E-state index >= 15 is 0 Å². The van der Waals surface area contributed by atoms with Gasteiger partial charge >= 0.3 is 5.97 Å². The topological polar surface area (TPSA) is 66.8 Å². The fourth-order valence-corrected chi connectivity index (χ4v) is 4.48. The van der Waals surface area contributed by atoms with Gasteiger partial charge in [-0.15, -0.1) is 0 Å². The van der Waals surface area contributed by atoms with Crippen LogP contribution in [0.2, 0.25) is 0 Å². The second kappa shape index (κ2) is 3.45. The van der Waals surface area contributed by atoms with Crippen LogP contribution >= 0.6 is 0 Å². The summed E-state index contributed by atoms with van der Waals surface area (Å²) in [5, 5.41) is 20.4. The van der Waals surface area contributed by atoms with Crippen LogP contribution in [0.1, 0.15) is 38.5 Å². The molecule has 4 heteroatoms. The van der Waals surface area contributed by atoms with Crippen molar-refractivity contribution >= 4 is 5.97 Å². The van der Waals surface area contributed by atoms with Gasteiger partial charge in [-0.2, -0.15) is 0 Å². The van der Waals surface area contributed by atoms with Crippen molar-refractivity contribution in [3.05, 3.63) is 0 Å². The molecule has 0 aromatic carbocycles. The Balaban J connectivity index is 1.88. The number of hydrogen-bond donors (Lipinski definition) is 2. The molecule has 0 saturated heterocycles. The third-order valence-corrected chi connectivity index (χ3v) is 5.54. The maximum atomic E-state index is 11.6. The van der Waals surface area contributed by atoms with Crippen molar-refractivity contribution in [3.8, 4) is 0 Å². The smallest absolute Gasteiger partial charge is 0.312 e. The van der Waals surface area contributed by atoms with Gasteiger partial charge in [-0.05, 0) is 50.4 Å². The Bertz CT molecular complexity index is 347. The van der Waals surface area contributed by atoms with E-state index in [2.05, 4.69) is 0 Å². The molecule has 96 valence electrons. The first-order valence-corrected chi connectivity index (χ1v) is 6.50. The molecule has 0 heterocycles. The van der Waals surface area contributed by atoms with E-state index in [1.165, 1.54) is 0 Å². The van der Waals surface area contributed by atoms with Crippen molar-refractivity contribution in [2.75, 3.05) is 7.11 Å². The second-order valence-electron chi connectivity index (χ2n) is 6.16. The van der Waals surface area contributed by atoms with Crippen molar-refractivity contribution in [3.63, 3.8) is 0 Å². The van der Waals surface area contributed by atoms with Gasteiger partial charge in [0.05, 0.1) is 11.7 Å². The standard InChI is InChI=1S/C13H20O4/c1-17-10-6-12(7-10,11(14)15)13(16)5-8-2-3-9(13)4-8/h8-10,16H,2-7H2,1H3,(H,14,15). The number of aliphatic hydroxyl groups is 1. The molecule has 0 aromatic heterocycles. The van der Waals surface area contributed by atoms with Crippen molar-refractivity contribution in [2.45, 2.75) is 50.2 Å². The lowest BCUT2D eigenvalue weighted by Gasteiger charge is -2.54. The summed E-state index contributed by atoms with van der Waals surface area (Å²) in [6.45, 7) is 0. The molecule has 3 saturated carbocycles. The molecule has 0 amide bonds. The molecular formula is C13H20O4. The summed E-state index contributed by atoms with van der Waals surface area (Å²) in [4.78, 5) is 11.6. The van der Waals surface area contributed by atoms with E-state index in [0.717, 1.165) is 19.3 Å². The van der Waals surface area contributed by atoms with Gasteiger partial charge in [-0.3, -0.25) is 4.79 Å². The lowest BCUT2D eigenvalue weighted by Crippen LogP contribution is -2.64. The molecule has 3 atom stereocenters. The molecule has 0 aliphatic heterocycles. The Hall–Kier alpha value is -0.610. The molecule has 2 N–H and O–H groups in total. The Morgan fingerprint density at radius 1 is 1.29 bits per heavy atom. The molecular weight excluding hydrogens is 220 g/mol. The van der Waals surface area contributed by atoms with E-state index < -0.39 is 17.0 Å². The first kappa shape index (κ1) is 11.5. The molecule has 3 rings (SSSR count). The minimum absolute atomic E-state index is 0.00857. The Labute approximate surface area is 101 Å². The third kappa shape index (κ3) is 1.28. The van der Waals surface area contributed by atoms with Crippen molar-refractivity contribution in [2.24, 2.45) is 17.3 Å². The van der Waals surface area contributed by atoms with Crippen LogP contribution in [0.15, 0.2) is 0 Å². The molecule has 3 aliphatic rings. The minimum atomic E-state index is -0.975. The molecule has 0 aromatic rings. The number of rotatable bonds is 3. The Morgan fingerprint density at radius 3 is 2.41 bits per heavy atom. The number of fused-ring (bicyclic) bond motifs is 2. The summed E-state index contributed by atoms with van der Waals surface area (Å²) < 4.78 is 5.20. The number of aliphatic carboxylic acids is 1. The molecule has 3 fully saturated rings. The van der Waals surface area contributed by atoms with Crippen molar-refractivity contribution in [1.82, 2.24) is 0 Å². The normalized spacial score (nSPS) is 52.5. The van der Waals surface area contributed by atoms with Gasteiger partial charge in [-0.1, -0.05) is 0 Å². The SMILES string of the molecule is COC1CC(C(=O)O)(C2(O)CC3CCC2C3)C1. The number of methoxy groups -OCH3 is 1. The van der Waals surface area contributed by atoms with Crippen molar-refractivity contribution in [1.29, 1.82) is 0 Å². The number of ether oxygens (including phenoxy) is 1. The third-order valence-electron chi connectivity index (χ3n) is 5.54. The number of hydrogen-bond acceptors (Lipinski definition) is 3. The number of carboxylic acid groups (broad SMARTS) is 1. The summed E-state index contributed by atoms with van der Waals surface area (Å²) in [5.41, 5.74) is -1.91. The van der Waals surface area contributed by atoms with Gasteiger partial charge in [0.1, 0.15) is 5.41 Å². The van der Waals surface area contributed by atoms with Gasteiger partial charge in [0, 0.05) is 7.11 Å². The minimum Gasteiger partial charge on any atom is -0.481 e. The van der Waals surface area contributed by atoms with Crippen LogP contribution in [-0.2, 0) is 9.53 Å². The average molecular weight is 240 g/mol. The predicted octanol–water partition coefficient (Wildman–Crippen LogP) is 1.42. The molecule has 0 spiro atoms. The molecule has 3 aliphatic carbocycles. The van der Waals surface area contributed by atoms with Gasteiger partial charge in [0.15, 0.2) is 0 Å². The summed E-state index contributed by atoms with van der Waals surface area (Å²) in [7, 11) is 1.61. The molecule has 4 nitrogen and oxygen atoms in total. The summed E-state index contributed by atoms with van der Waals surface area (Å²) in [6, 6.07) is 0. The maximum Gasteiger partial charge on any atom is 0.312 e. The van der Waals surface area contributed by atoms with Gasteiger partial charge in [-0.25, -0.2) is 0 Å². The monoisotopic (exact) mass is 240 g/mol. The zero-order chi connectivity index (χ0) is 12.3. The van der Waals surface area contributed by atoms with E-state index in [0.29, 0.717) is 25.2 Å². The van der Waals surface area contributed by atoms with Crippen LogP contribution in [0.5, 0.6) is 0 Å².